The van der Waals surface area contributed by atoms with Gasteiger partial charge < -0.3 is 19.9 Å². The van der Waals surface area contributed by atoms with Crippen LogP contribution in [0.2, 0.25) is 0 Å². The summed E-state index contributed by atoms with van der Waals surface area (Å²) in [5.74, 6) is 2.14. The maximum atomic E-state index is 5.64. The van der Waals surface area contributed by atoms with Crippen LogP contribution in [0, 0.1) is 0 Å². The van der Waals surface area contributed by atoms with E-state index < -0.39 is 0 Å². The Kier molecular flexibility index (Phi) is 5.43. The molecular weight excluding hydrogens is 304 g/mol. The first kappa shape index (κ1) is 16.4. The summed E-state index contributed by atoms with van der Waals surface area (Å²) in [6.07, 6.45) is 1.63. The Morgan fingerprint density at radius 2 is 1.92 bits per heavy atom. The Morgan fingerprint density at radius 1 is 1.12 bits per heavy atom. The summed E-state index contributed by atoms with van der Waals surface area (Å²) in [7, 11) is 0. The van der Waals surface area contributed by atoms with Gasteiger partial charge in [0.25, 0.3) is 0 Å². The number of ether oxygens (including phenoxy) is 1. The number of nitrogens with one attached hydrogen (secondary N) is 1. The van der Waals surface area contributed by atoms with Gasteiger partial charge in [-0.2, -0.15) is 10.1 Å². The molecule has 7 heteroatoms. The number of benzene rings is 1. The van der Waals surface area contributed by atoms with Gasteiger partial charge in [0.2, 0.25) is 5.95 Å². The van der Waals surface area contributed by atoms with Gasteiger partial charge in [-0.15, -0.1) is 5.10 Å². The second kappa shape index (κ2) is 7.92. The number of piperazine rings is 1. The fraction of sp³-hybridized carbons (Fsp3) is 0.471. The molecule has 3 rings (SSSR count). The summed E-state index contributed by atoms with van der Waals surface area (Å²) in [5, 5.41) is 11.6. The minimum absolute atomic E-state index is 0.619. The van der Waals surface area contributed by atoms with Crippen molar-refractivity contribution >= 4 is 17.5 Å². The Balaban J connectivity index is 1.72. The molecular formula is C17H24N6O. The van der Waals surface area contributed by atoms with Gasteiger partial charge >= 0.3 is 0 Å². The summed E-state index contributed by atoms with van der Waals surface area (Å²) in [6.45, 7) is 9.78. The van der Waals surface area contributed by atoms with Crippen molar-refractivity contribution < 1.29 is 4.74 Å². The molecule has 0 amide bonds. The zero-order valence-corrected chi connectivity index (χ0v) is 14.3. The second-order valence-electron chi connectivity index (χ2n) is 5.62. The normalized spacial score (nSPS) is 15.3. The van der Waals surface area contributed by atoms with Gasteiger partial charge in [-0.1, -0.05) is 19.1 Å². The quantitative estimate of drug-likeness (QED) is 0.871. The monoisotopic (exact) mass is 328 g/mol. The average Bonchev–Trinajstić information content (AvgIpc) is 2.64. The topological polar surface area (TPSA) is 66.4 Å². The van der Waals surface area contributed by atoms with Gasteiger partial charge in [0, 0.05) is 26.2 Å². The first-order chi connectivity index (χ1) is 11.8. The van der Waals surface area contributed by atoms with Crippen LogP contribution in [0.15, 0.2) is 30.5 Å². The van der Waals surface area contributed by atoms with Crippen LogP contribution >= 0.6 is 0 Å². The van der Waals surface area contributed by atoms with E-state index in [2.05, 4.69) is 37.2 Å². The summed E-state index contributed by atoms with van der Waals surface area (Å²) in [6, 6.07) is 7.82. The number of aromatic nitrogens is 3. The third kappa shape index (κ3) is 3.91. The second-order valence-corrected chi connectivity index (χ2v) is 5.62. The van der Waals surface area contributed by atoms with E-state index in [1.54, 1.807) is 6.20 Å². The van der Waals surface area contributed by atoms with Gasteiger partial charge in [-0.3, -0.25) is 0 Å². The summed E-state index contributed by atoms with van der Waals surface area (Å²) >= 11 is 0. The van der Waals surface area contributed by atoms with E-state index >= 15 is 0 Å². The molecule has 0 atom stereocenters. The largest absolute Gasteiger partial charge is 0.492 e. The zero-order chi connectivity index (χ0) is 16.8. The van der Waals surface area contributed by atoms with E-state index in [4.69, 9.17) is 4.74 Å². The average molecular weight is 328 g/mol. The molecule has 1 aliphatic heterocycles. The lowest BCUT2D eigenvalue weighted by Gasteiger charge is -2.33. The van der Waals surface area contributed by atoms with E-state index in [9.17, 15) is 0 Å². The van der Waals surface area contributed by atoms with Gasteiger partial charge in [0.05, 0.1) is 18.5 Å². The van der Waals surface area contributed by atoms with Crippen LogP contribution in [0.25, 0.3) is 0 Å². The molecule has 0 radical (unpaired) electrons. The smallest absolute Gasteiger partial charge is 0.247 e. The van der Waals surface area contributed by atoms with Crippen LogP contribution in [0.5, 0.6) is 5.75 Å². The molecule has 1 N–H and O–H groups in total. The lowest BCUT2D eigenvalue weighted by Crippen LogP contribution is -2.46. The van der Waals surface area contributed by atoms with Gasteiger partial charge in [-0.05, 0) is 25.6 Å². The highest BCUT2D eigenvalue weighted by atomic mass is 16.5. The lowest BCUT2D eigenvalue weighted by atomic mass is 10.3. The number of nitrogens with zero attached hydrogens (tertiary/aromatic N) is 5. The standard InChI is InChI=1S/C17H24N6O/c1-3-22-9-11-23(12-10-22)17-20-16(13-18-21-17)19-14-7-5-6-8-15(14)24-4-2/h5-8,13H,3-4,9-12H2,1-2H3,(H,19,20,21). The minimum atomic E-state index is 0.619. The zero-order valence-electron chi connectivity index (χ0n) is 14.3. The third-order valence-corrected chi connectivity index (χ3v) is 4.10. The van der Waals surface area contributed by atoms with E-state index in [0.29, 0.717) is 18.4 Å². The van der Waals surface area contributed by atoms with Crippen molar-refractivity contribution in [2.24, 2.45) is 0 Å². The third-order valence-electron chi connectivity index (χ3n) is 4.10. The van der Waals surface area contributed by atoms with Crippen LogP contribution in [0.4, 0.5) is 17.5 Å². The van der Waals surface area contributed by atoms with E-state index in [1.165, 1.54) is 0 Å². The number of para-hydroxylation sites is 2. The van der Waals surface area contributed by atoms with Crippen LogP contribution in [0.1, 0.15) is 13.8 Å². The predicted octanol–water partition coefficient (Wildman–Crippen LogP) is 2.16. The van der Waals surface area contributed by atoms with Crippen LogP contribution in [-0.2, 0) is 0 Å². The number of hydrogen-bond donors (Lipinski definition) is 1. The molecule has 128 valence electrons. The molecule has 1 saturated heterocycles. The number of hydrogen-bond acceptors (Lipinski definition) is 7. The Bertz CT molecular complexity index is 657. The Labute approximate surface area is 142 Å². The highest BCUT2D eigenvalue weighted by Crippen LogP contribution is 2.26. The predicted molar refractivity (Wildman–Crippen MR) is 95.0 cm³/mol. The van der Waals surface area contributed by atoms with Crippen molar-refractivity contribution in [2.75, 3.05) is 49.5 Å². The van der Waals surface area contributed by atoms with E-state index in [0.717, 1.165) is 44.2 Å². The summed E-state index contributed by atoms with van der Waals surface area (Å²) < 4.78 is 5.64. The molecule has 1 aromatic heterocycles. The molecule has 1 aliphatic rings. The Hall–Kier alpha value is -2.41. The molecule has 0 unspecified atom stereocenters. The van der Waals surface area contributed by atoms with Crippen molar-refractivity contribution in [3.63, 3.8) is 0 Å². The molecule has 1 fully saturated rings. The van der Waals surface area contributed by atoms with Crippen LogP contribution < -0.4 is 15.0 Å². The Morgan fingerprint density at radius 3 is 2.67 bits per heavy atom. The molecule has 2 aromatic rings. The molecule has 0 aliphatic carbocycles. The maximum Gasteiger partial charge on any atom is 0.247 e. The van der Waals surface area contributed by atoms with Crippen LogP contribution in [-0.4, -0.2) is 59.4 Å². The lowest BCUT2D eigenvalue weighted by molar-refractivity contribution is 0.269. The van der Waals surface area contributed by atoms with E-state index in [-0.39, 0.29) is 0 Å². The molecule has 0 spiro atoms. The van der Waals surface area contributed by atoms with Crippen LogP contribution in [0.3, 0.4) is 0 Å². The highest BCUT2D eigenvalue weighted by molar-refractivity contribution is 5.64. The van der Waals surface area contributed by atoms with Gasteiger partial charge in [-0.25, -0.2) is 0 Å². The van der Waals surface area contributed by atoms with E-state index in [1.807, 2.05) is 31.2 Å². The summed E-state index contributed by atoms with van der Waals surface area (Å²) in [4.78, 5) is 9.21. The molecule has 1 aromatic carbocycles. The van der Waals surface area contributed by atoms with Gasteiger partial charge in [0.15, 0.2) is 5.82 Å². The molecule has 7 nitrogen and oxygen atoms in total. The molecule has 0 saturated carbocycles. The number of anilines is 3. The van der Waals surface area contributed by atoms with Gasteiger partial charge in [0.1, 0.15) is 5.75 Å². The summed E-state index contributed by atoms with van der Waals surface area (Å²) in [5.41, 5.74) is 0.876. The fourth-order valence-electron chi connectivity index (χ4n) is 2.74. The first-order valence-electron chi connectivity index (χ1n) is 8.46. The fourth-order valence-corrected chi connectivity index (χ4v) is 2.74. The molecule has 2 heterocycles. The maximum absolute atomic E-state index is 5.64. The molecule has 0 bridgehead atoms. The number of likely N-dealkylation sites (N-methyl/N-ethyl adjacent to an activating group) is 1. The first-order valence-corrected chi connectivity index (χ1v) is 8.46. The van der Waals surface area contributed by atoms with Crippen molar-refractivity contribution in [1.29, 1.82) is 0 Å². The highest BCUT2D eigenvalue weighted by Gasteiger charge is 2.18. The molecule has 24 heavy (non-hydrogen) atoms. The van der Waals surface area contributed by atoms with Crippen molar-refractivity contribution in [3.8, 4) is 5.75 Å². The number of rotatable bonds is 6. The van der Waals surface area contributed by atoms with Crippen molar-refractivity contribution in [2.45, 2.75) is 13.8 Å². The van der Waals surface area contributed by atoms with Crippen molar-refractivity contribution in [1.82, 2.24) is 20.1 Å². The SMILES string of the molecule is CCOc1ccccc1Nc1cnnc(N2CCN(CC)CC2)n1. The van der Waals surface area contributed by atoms with Crippen molar-refractivity contribution in [3.05, 3.63) is 30.5 Å². The minimum Gasteiger partial charge on any atom is -0.492 e.